The number of ketones is 1. The lowest BCUT2D eigenvalue weighted by Crippen LogP contribution is -2.31. The molecule has 3 rings (SSSR count). The Morgan fingerprint density at radius 1 is 1.13 bits per heavy atom. The Bertz CT molecular complexity index is 1040. The molecule has 0 bridgehead atoms. The summed E-state index contributed by atoms with van der Waals surface area (Å²) < 4.78 is 6.11. The van der Waals surface area contributed by atoms with Gasteiger partial charge in [0.15, 0.2) is 17.3 Å². The number of aromatic hydroxyl groups is 3. The van der Waals surface area contributed by atoms with Crippen molar-refractivity contribution < 1.29 is 30.0 Å². The van der Waals surface area contributed by atoms with Crippen molar-refractivity contribution in [2.75, 3.05) is 0 Å². The number of carbonyl (C=O) groups is 1. The number of phenolic OH excluding ortho intramolecular Hbond substituents is 3. The van der Waals surface area contributed by atoms with Crippen molar-refractivity contribution in [1.82, 2.24) is 0 Å². The monoisotopic (exact) mass is 424 g/mol. The summed E-state index contributed by atoms with van der Waals surface area (Å²) >= 11 is 0. The molecule has 1 aliphatic rings. The Morgan fingerprint density at radius 3 is 2.55 bits per heavy atom. The first-order chi connectivity index (χ1) is 14.5. The first-order valence-electron chi connectivity index (χ1n) is 10.2. The highest BCUT2D eigenvalue weighted by atomic mass is 16.5. The van der Waals surface area contributed by atoms with Gasteiger partial charge in [0.05, 0.1) is 11.2 Å². The summed E-state index contributed by atoms with van der Waals surface area (Å²) in [7, 11) is 0. The van der Waals surface area contributed by atoms with Gasteiger partial charge in [-0.3, -0.25) is 4.79 Å². The molecule has 164 valence electrons. The van der Waals surface area contributed by atoms with Gasteiger partial charge in [-0.15, -0.1) is 0 Å². The van der Waals surface area contributed by atoms with E-state index in [9.17, 15) is 25.2 Å². The second-order valence-corrected chi connectivity index (χ2v) is 8.62. The number of phenols is 3. The Labute approximate surface area is 181 Å². The van der Waals surface area contributed by atoms with E-state index in [2.05, 4.69) is 0 Å². The summed E-state index contributed by atoms with van der Waals surface area (Å²) in [6.07, 6.45) is 8.38. The van der Waals surface area contributed by atoms with E-state index in [-0.39, 0.29) is 35.0 Å². The maximum absolute atomic E-state index is 12.5. The highest BCUT2D eigenvalue weighted by Crippen LogP contribution is 2.41. The molecule has 0 aliphatic carbocycles. The van der Waals surface area contributed by atoms with Crippen molar-refractivity contribution in [3.8, 4) is 23.0 Å². The van der Waals surface area contributed by atoms with Gasteiger partial charge in [0, 0.05) is 24.5 Å². The highest BCUT2D eigenvalue weighted by molar-refractivity contribution is 5.98. The van der Waals surface area contributed by atoms with E-state index in [1.165, 1.54) is 12.1 Å². The van der Waals surface area contributed by atoms with Crippen LogP contribution in [0.25, 0.3) is 6.08 Å². The molecule has 6 heteroatoms. The number of carbonyl (C=O) groups excluding carboxylic acids is 1. The first kappa shape index (κ1) is 22.4. The standard InChI is InChI=1S/C25H28O6/c1-24(2,30)12-4-13-25(3)14-11-18-16(6-10-21(28)23(18)31-25)5-9-20(27)19-8-7-17(26)15-22(19)29/h4,6-8,10-12,14-15,26,28-30H,5,9,13H2,1-3H3. The second-order valence-electron chi connectivity index (χ2n) is 8.62. The molecular weight excluding hydrogens is 396 g/mol. The summed E-state index contributed by atoms with van der Waals surface area (Å²) in [5.41, 5.74) is 0.110. The average Bonchev–Trinajstić information content (AvgIpc) is 2.66. The SMILES string of the molecule is CC(C)(O)C=CCC1(C)C=Cc2c(CCC(=O)c3ccc(O)cc3O)ccc(O)c2O1. The zero-order valence-corrected chi connectivity index (χ0v) is 17.9. The molecule has 2 aromatic rings. The summed E-state index contributed by atoms with van der Waals surface area (Å²) in [6.45, 7) is 5.27. The molecule has 1 aliphatic heterocycles. The van der Waals surface area contributed by atoms with Crippen molar-refractivity contribution in [1.29, 1.82) is 0 Å². The van der Waals surface area contributed by atoms with Gasteiger partial charge in [-0.25, -0.2) is 0 Å². The predicted octanol–water partition coefficient (Wildman–Crippen LogP) is 4.50. The molecule has 4 N–H and O–H groups in total. The number of hydrogen-bond donors (Lipinski definition) is 4. The second kappa shape index (κ2) is 8.47. The van der Waals surface area contributed by atoms with E-state index in [4.69, 9.17) is 4.74 Å². The number of Topliss-reactive ketones (excluding diaryl/α,β-unsaturated/α-hetero) is 1. The molecule has 1 atom stereocenters. The van der Waals surface area contributed by atoms with Crippen LogP contribution in [0.15, 0.2) is 48.6 Å². The van der Waals surface area contributed by atoms with Crippen LogP contribution in [0.5, 0.6) is 23.0 Å². The number of ether oxygens (including phenoxy) is 1. The van der Waals surface area contributed by atoms with Crippen LogP contribution in [0.3, 0.4) is 0 Å². The molecule has 31 heavy (non-hydrogen) atoms. The fourth-order valence-corrected chi connectivity index (χ4v) is 3.49. The van der Waals surface area contributed by atoms with Crippen LogP contribution in [0.1, 0.15) is 55.1 Å². The Hall–Kier alpha value is -3.25. The van der Waals surface area contributed by atoms with Gasteiger partial charge in [-0.2, -0.15) is 0 Å². The van der Waals surface area contributed by atoms with Crippen molar-refractivity contribution in [2.24, 2.45) is 0 Å². The van der Waals surface area contributed by atoms with Crippen LogP contribution in [-0.2, 0) is 6.42 Å². The molecule has 1 heterocycles. The number of aliphatic hydroxyl groups is 1. The maximum atomic E-state index is 12.5. The lowest BCUT2D eigenvalue weighted by Gasteiger charge is -2.32. The van der Waals surface area contributed by atoms with Crippen LogP contribution < -0.4 is 4.74 Å². The third-order valence-electron chi connectivity index (χ3n) is 5.16. The topological polar surface area (TPSA) is 107 Å². The third kappa shape index (κ3) is 5.47. The Balaban J connectivity index is 1.77. The van der Waals surface area contributed by atoms with Crippen molar-refractivity contribution in [3.05, 3.63) is 65.3 Å². The molecular formula is C25H28O6. The number of aryl methyl sites for hydroxylation is 1. The van der Waals surface area contributed by atoms with E-state index in [0.29, 0.717) is 24.2 Å². The minimum atomic E-state index is -0.916. The molecule has 0 saturated heterocycles. The third-order valence-corrected chi connectivity index (χ3v) is 5.16. The van der Waals surface area contributed by atoms with E-state index < -0.39 is 11.2 Å². The maximum Gasteiger partial charge on any atom is 0.169 e. The fourth-order valence-electron chi connectivity index (χ4n) is 3.49. The van der Waals surface area contributed by atoms with Gasteiger partial charge in [0.2, 0.25) is 0 Å². The normalized spacial score (nSPS) is 18.1. The molecule has 0 fully saturated rings. The first-order valence-corrected chi connectivity index (χ1v) is 10.2. The molecule has 0 saturated carbocycles. The van der Waals surface area contributed by atoms with Gasteiger partial charge in [0.25, 0.3) is 0 Å². The molecule has 1 unspecified atom stereocenters. The molecule has 0 amide bonds. The molecule has 6 nitrogen and oxygen atoms in total. The quantitative estimate of drug-likeness (QED) is 0.385. The number of fused-ring (bicyclic) bond motifs is 1. The van der Waals surface area contributed by atoms with E-state index >= 15 is 0 Å². The van der Waals surface area contributed by atoms with Crippen molar-refractivity contribution >= 4 is 11.9 Å². The van der Waals surface area contributed by atoms with Crippen LogP contribution in [0, 0.1) is 0 Å². The van der Waals surface area contributed by atoms with Gasteiger partial charge in [-0.05, 0) is 57.0 Å². The van der Waals surface area contributed by atoms with Gasteiger partial charge in [0.1, 0.15) is 17.1 Å². The largest absolute Gasteiger partial charge is 0.508 e. The van der Waals surface area contributed by atoms with Crippen molar-refractivity contribution in [2.45, 2.75) is 51.2 Å². The van der Waals surface area contributed by atoms with Crippen molar-refractivity contribution in [3.63, 3.8) is 0 Å². The van der Waals surface area contributed by atoms with Crippen LogP contribution in [-0.4, -0.2) is 37.4 Å². The lowest BCUT2D eigenvalue weighted by atomic mass is 9.91. The zero-order valence-electron chi connectivity index (χ0n) is 17.9. The molecule has 2 aromatic carbocycles. The van der Waals surface area contributed by atoms with Crippen LogP contribution in [0.4, 0.5) is 0 Å². The molecule has 0 spiro atoms. The fraction of sp³-hybridized carbons (Fsp3) is 0.320. The molecule has 0 radical (unpaired) electrons. The Kier molecular flexibility index (Phi) is 6.13. The van der Waals surface area contributed by atoms with Crippen LogP contribution in [0.2, 0.25) is 0 Å². The smallest absolute Gasteiger partial charge is 0.169 e. The number of rotatable bonds is 7. The summed E-state index contributed by atoms with van der Waals surface area (Å²) in [5.74, 6) is -0.232. The van der Waals surface area contributed by atoms with E-state index in [1.807, 2.05) is 25.2 Å². The number of benzene rings is 2. The predicted molar refractivity (Wildman–Crippen MR) is 119 cm³/mol. The Morgan fingerprint density at radius 2 is 1.87 bits per heavy atom. The van der Waals surface area contributed by atoms with Gasteiger partial charge < -0.3 is 25.2 Å². The van der Waals surface area contributed by atoms with E-state index in [0.717, 1.165) is 11.6 Å². The zero-order chi connectivity index (χ0) is 22.8. The minimum Gasteiger partial charge on any atom is -0.508 e. The van der Waals surface area contributed by atoms with Crippen LogP contribution >= 0.6 is 0 Å². The van der Waals surface area contributed by atoms with E-state index in [1.54, 1.807) is 32.1 Å². The lowest BCUT2D eigenvalue weighted by molar-refractivity contribution is 0.0979. The number of hydrogen-bond acceptors (Lipinski definition) is 6. The molecule has 0 aromatic heterocycles. The van der Waals surface area contributed by atoms with Gasteiger partial charge in [-0.1, -0.05) is 24.3 Å². The minimum absolute atomic E-state index is 0.0169. The average molecular weight is 424 g/mol. The highest BCUT2D eigenvalue weighted by Gasteiger charge is 2.29. The summed E-state index contributed by atoms with van der Waals surface area (Å²) in [5, 5.41) is 39.5. The summed E-state index contributed by atoms with van der Waals surface area (Å²) in [6, 6.07) is 7.19. The van der Waals surface area contributed by atoms with Gasteiger partial charge >= 0.3 is 0 Å². The summed E-state index contributed by atoms with van der Waals surface area (Å²) in [4.78, 5) is 12.5.